The number of benzene rings is 2. The Morgan fingerprint density at radius 3 is 2.48 bits per heavy atom. The molecule has 0 aliphatic carbocycles. The zero-order valence-electron chi connectivity index (χ0n) is 13.8. The number of carbonyl (C=O) groups is 1. The molecule has 6 heteroatoms. The molecular weight excluding hydrogens is 320 g/mol. The third kappa shape index (κ3) is 5.19. The summed E-state index contributed by atoms with van der Waals surface area (Å²) in [6, 6.07) is 15.3. The Morgan fingerprint density at radius 1 is 1.16 bits per heavy atom. The fourth-order valence-corrected chi connectivity index (χ4v) is 2.30. The number of hydrogen-bond donors (Lipinski definition) is 3. The van der Waals surface area contributed by atoms with Crippen molar-refractivity contribution in [2.24, 2.45) is 5.73 Å². The zero-order chi connectivity index (χ0) is 18.4. The topological polar surface area (TPSA) is 120 Å². The lowest BCUT2D eigenvalue weighted by Crippen LogP contribution is -2.32. The molecular formula is C19H20N2O4. The van der Waals surface area contributed by atoms with E-state index in [1.165, 1.54) is 6.07 Å². The number of aliphatic carboxylic acids is 1. The van der Waals surface area contributed by atoms with E-state index in [1.807, 2.05) is 43.3 Å². The Hall–Kier alpha value is -3.12. The highest BCUT2D eigenvalue weighted by Crippen LogP contribution is 2.18. The van der Waals surface area contributed by atoms with Crippen LogP contribution in [0.3, 0.4) is 0 Å². The van der Waals surface area contributed by atoms with Crippen LogP contribution in [-0.2, 0) is 11.2 Å². The predicted molar refractivity (Wildman–Crippen MR) is 97.4 cm³/mol. The average Bonchev–Trinajstić information content (AvgIpc) is 2.55. The molecule has 0 aliphatic rings. The van der Waals surface area contributed by atoms with Gasteiger partial charge in [0.05, 0.1) is 0 Å². The zero-order valence-corrected chi connectivity index (χ0v) is 13.8. The molecule has 25 heavy (non-hydrogen) atoms. The van der Waals surface area contributed by atoms with Crippen LogP contribution in [0.15, 0.2) is 63.8 Å². The largest absolute Gasteiger partial charge is 0.480 e. The van der Waals surface area contributed by atoms with Gasteiger partial charge in [-0.05, 0) is 36.6 Å². The standard InChI is InChI=1S/C10H9NO2.C9H11NO2/c1-6-4-10(12)13-9-5-7(11)2-3-8(6)9;10-8(9(11)12)6-7-4-2-1-3-5-7/h2-5H,11H2,1H3;1-5,8H,6,10H2,(H,11,12)/t;8-/m.0/s1. The van der Waals surface area contributed by atoms with Gasteiger partial charge in [0.15, 0.2) is 0 Å². The van der Waals surface area contributed by atoms with Gasteiger partial charge in [-0.15, -0.1) is 0 Å². The molecule has 3 rings (SSSR count). The minimum atomic E-state index is -0.959. The summed E-state index contributed by atoms with van der Waals surface area (Å²) in [5.41, 5.74) is 13.6. The molecule has 0 aliphatic heterocycles. The number of hydrogen-bond acceptors (Lipinski definition) is 5. The molecule has 0 radical (unpaired) electrons. The van der Waals surface area contributed by atoms with Gasteiger partial charge in [0.2, 0.25) is 0 Å². The van der Waals surface area contributed by atoms with Crippen LogP contribution in [0.2, 0.25) is 0 Å². The van der Waals surface area contributed by atoms with Gasteiger partial charge in [0, 0.05) is 23.2 Å². The minimum Gasteiger partial charge on any atom is -0.480 e. The predicted octanol–water partition coefficient (Wildman–Crippen LogP) is 2.32. The quantitative estimate of drug-likeness (QED) is 0.497. The van der Waals surface area contributed by atoms with Gasteiger partial charge in [-0.2, -0.15) is 0 Å². The van der Waals surface area contributed by atoms with Crippen LogP contribution in [-0.4, -0.2) is 17.1 Å². The number of rotatable bonds is 3. The van der Waals surface area contributed by atoms with Gasteiger partial charge in [0.25, 0.3) is 0 Å². The van der Waals surface area contributed by atoms with Crippen molar-refractivity contribution in [3.8, 4) is 0 Å². The first kappa shape index (κ1) is 18.2. The molecule has 0 saturated carbocycles. The van der Waals surface area contributed by atoms with Crippen LogP contribution in [0.25, 0.3) is 11.0 Å². The summed E-state index contributed by atoms with van der Waals surface area (Å²) in [5, 5.41) is 9.44. The van der Waals surface area contributed by atoms with Crippen molar-refractivity contribution in [3.05, 3.63) is 76.1 Å². The van der Waals surface area contributed by atoms with Crippen LogP contribution < -0.4 is 17.1 Å². The Balaban J connectivity index is 0.000000181. The summed E-state index contributed by atoms with van der Waals surface area (Å²) in [4.78, 5) is 21.4. The Kier molecular flexibility index (Phi) is 5.92. The minimum absolute atomic E-state index is 0.337. The number of fused-ring (bicyclic) bond motifs is 1. The Morgan fingerprint density at radius 2 is 1.84 bits per heavy atom. The highest BCUT2D eigenvalue weighted by atomic mass is 16.4. The maximum Gasteiger partial charge on any atom is 0.336 e. The normalized spacial score (nSPS) is 11.4. The Labute approximate surface area is 144 Å². The average molecular weight is 340 g/mol. The molecule has 5 N–H and O–H groups in total. The van der Waals surface area contributed by atoms with E-state index in [0.717, 1.165) is 16.5 Å². The van der Waals surface area contributed by atoms with E-state index >= 15 is 0 Å². The SMILES string of the molecule is Cc1cc(=O)oc2cc(N)ccc12.N[C@@H](Cc1ccccc1)C(=O)O. The van der Waals surface area contributed by atoms with E-state index in [1.54, 1.807) is 12.1 Å². The molecule has 0 amide bonds. The van der Waals surface area contributed by atoms with Gasteiger partial charge in [-0.25, -0.2) is 4.79 Å². The second-order valence-corrected chi connectivity index (χ2v) is 5.64. The van der Waals surface area contributed by atoms with E-state index in [9.17, 15) is 9.59 Å². The van der Waals surface area contributed by atoms with Gasteiger partial charge < -0.3 is 21.0 Å². The van der Waals surface area contributed by atoms with Gasteiger partial charge >= 0.3 is 11.6 Å². The number of nitrogen functional groups attached to an aromatic ring is 1. The highest BCUT2D eigenvalue weighted by Gasteiger charge is 2.10. The van der Waals surface area contributed by atoms with Crippen molar-refractivity contribution in [2.75, 3.05) is 5.73 Å². The van der Waals surface area contributed by atoms with Crippen molar-refractivity contribution < 1.29 is 14.3 Å². The maximum absolute atomic E-state index is 11.0. The number of carboxylic acid groups (broad SMARTS) is 1. The van der Waals surface area contributed by atoms with E-state index in [2.05, 4.69) is 0 Å². The molecule has 1 aromatic heterocycles. The number of anilines is 1. The Bertz CT molecular complexity index is 920. The molecule has 2 aromatic carbocycles. The maximum atomic E-state index is 11.0. The molecule has 6 nitrogen and oxygen atoms in total. The molecule has 0 unspecified atom stereocenters. The van der Waals surface area contributed by atoms with Crippen LogP contribution in [0, 0.1) is 6.92 Å². The van der Waals surface area contributed by atoms with Crippen LogP contribution >= 0.6 is 0 Å². The van der Waals surface area contributed by atoms with Gasteiger partial charge in [-0.3, -0.25) is 4.79 Å². The van der Waals surface area contributed by atoms with E-state index in [4.69, 9.17) is 21.0 Å². The molecule has 0 saturated heterocycles. The molecule has 1 heterocycles. The molecule has 0 fully saturated rings. The van der Waals surface area contributed by atoms with Crippen LogP contribution in [0.1, 0.15) is 11.1 Å². The van der Waals surface area contributed by atoms with Crippen molar-refractivity contribution in [1.29, 1.82) is 0 Å². The second-order valence-electron chi connectivity index (χ2n) is 5.64. The smallest absolute Gasteiger partial charge is 0.336 e. The fourth-order valence-electron chi connectivity index (χ4n) is 2.30. The third-order valence-electron chi connectivity index (χ3n) is 3.59. The lowest BCUT2D eigenvalue weighted by atomic mass is 10.1. The molecule has 0 spiro atoms. The molecule has 1 atom stereocenters. The molecule has 130 valence electrons. The summed E-state index contributed by atoms with van der Waals surface area (Å²) in [6.07, 6.45) is 0.385. The first-order valence-corrected chi connectivity index (χ1v) is 7.69. The lowest BCUT2D eigenvalue weighted by molar-refractivity contribution is -0.138. The monoisotopic (exact) mass is 340 g/mol. The molecule has 3 aromatic rings. The van der Waals surface area contributed by atoms with E-state index in [0.29, 0.717) is 17.7 Å². The fraction of sp³-hybridized carbons (Fsp3) is 0.158. The van der Waals surface area contributed by atoms with Crippen molar-refractivity contribution in [2.45, 2.75) is 19.4 Å². The first-order valence-electron chi connectivity index (χ1n) is 7.69. The number of aryl methyl sites for hydroxylation is 1. The second kappa shape index (κ2) is 8.12. The van der Waals surface area contributed by atoms with Gasteiger partial charge in [-0.1, -0.05) is 30.3 Å². The number of nitrogens with two attached hydrogens (primary N) is 2. The van der Waals surface area contributed by atoms with Crippen LogP contribution in [0.5, 0.6) is 0 Å². The lowest BCUT2D eigenvalue weighted by Gasteiger charge is -2.04. The third-order valence-corrected chi connectivity index (χ3v) is 3.59. The molecule has 0 bridgehead atoms. The van der Waals surface area contributed by atoms with E-state index in [-0.39, 0.29) is 5.63 Å². The summed E-state index contributed by atoms with van der Waals surface area (Å²) in [5.74, 6) is -0.959. The summed E-state index contributed by atoms with van der Waals surface area (Å²) in [7, 11) is 0. The van der Waals surface area contributed by atoms with Crippen molar-refractivity contribution in [3.63, 3.8) is 0 Å². The summed E-state index contributed by atoms with van der Waals surface area (Å²) < 4.78 is 4.99. The summed E-state index contributed by atoms with van der Waals surface area (Å²) >= 11 is 0. The number of carboxylic acids is 1. The summed E-state index contributed by atoms with van der Waals surface area (Å²) in [6.45, 7) is 1.87. The van der Waals surface area contributed by atoms with Gasteiger partial charge in [0.1, 0.15) is 11.6 Å². The van der Waals surface area contributed by atoms with Crippen molar-refractivity contribution in [1.82, 2.24) is 0 Å². The first-order chi connectivity index (χ1) is 11.9. The van der Waals surface area contributed by atoms with Crippen molar-refractivity contribution >= 4 is 22.6 Å². The highest BCUT2D eigenvalue weighted by molar-refractivity contribution is 5.82. The van der Waals surface area contributed by atoms with Crippen LogP contribution in [0.4, 0.5) is 5.69 Å². The van der Waals surface area contributed by atoms with E-state index < -0.39 is 12.0 Å².